The Morgan fingerprint density at radius 2 is 1.59 bits per heavy atom. The SMILES string of the molecule is COc1cc(C(=O)NC[C@@](NS(=O)(=O)c2ccc(C(=O)O)cc2)(C(=O)O)C(C)(C)C)ccc1N1CCC(Nc2ncccn2)CC1. The fourth-order valence-corrected chi connectivity index (χ4v) is 6.71. The number of carboxylic acids is 2. The molecule has 1 fully saturated rings. The van der Waals surface area contributed by atoms with Crippen molar-refractivity contribution < 1.29 is 37.8 Å². The van der Waals surface area contributed by atoms with Crippen LogP contribution in [0.1, 0.15) is 54.3 Å². The second-order valence-corrected chi connectivity index (χ2v) is 13.6. The number of rotatable bonds is 12. The molecule has 0 saturated carbocycles. The van der Waals surface area contributed by atoms with Crippen molar-refractivity contribution in [2.24, 2.45) is 5.41 Å². The highest BCUT2D eigenvalue weighted by Crippen LogP contribution is 2.34. The highest BCUT2D eigenvalue weighted by atomic mass is 32.2. The van der Waals surface area contributed by atoms with Crippen molar-refractivity contribution in [1.29, 1.82) is 0 Å². The quantitative estimate of drug-likeness (QED) is 0.192. The van der Waals surface area contributed by atoms with E-state index in [-0.39, 0.29) is 22.1 Å². The number of ether oxygens (including phenoxy) is 1. The molecule has 0 unspecified atom stereocenters. The number of nitrogens with one attached hydrogen (secondary N) is 3. The highest BCUT2D eigenvalue weighted by molar-refractivity contribution is 7.89. The molecule has 46 heavy (non-hydrogen) atoms. The molecule has 4 rings (SSSR count). The Hall–Kier alpha value is -4.76. The van der Waals surface area contributed by atoms with Gasteiger partial charge in [-0.05, 0) is 66.8 Å². The van der Waals surface area contributed by atoms with Crippen LogP contribution in [0, 0.1) is 5.41 Å². The zero-order valence-electron chi connectivity index (χ0n) is 26.0. The first kappa shape index (κ1) is 34.1. The predicted molar refractivity (Wildman–Crippen MR) is 170 cm³/mol. The molecule has 1 aliphatic rings. The number of piperidine rings is 1. The number of sulfonamides is 1. The van der Waals surface area contributed by atoms with Gasteiger partial charge in [-0.3, -0.25) is 9.59 Å². The fourth-order valence-electron chi connectivity index (χ4n) is 5.18. The Kier molecular flexibility index (Phi) is 10.2. The van der Waals surface area contributed by atoms with Crippen molar-refractivity contribution in [3.05, 3.63) is 72.1 Å². The van der Waals surface area contributed by atoms with Crippen LogP contribution >= 0.6 is 0 Å². The van der Waals surface area contributed by atoms with Crippen LogP contribution in [-0.2, 0) is 14.8 Å². The summed E-state index contributed by atoms with van der Waals surface area (Å²) in [6, 6.07) is 11.2. The minimum atomic E-state index is -4.46. The van der Waals surface area contributed by atoms with Gasteiger partial charge in [0.25, 0.3) is 5.91 Å². The minimum Gasteiger partial charge on any atom is -0.495 e. The third kappa shape index (κ3) is 7.54. The molecular weight excluding hydrogens is 616 g/mol. The number of carboxylic acid groups (broad SMARTS) is 2. The van der Waals surface area contributed by atoms with Gasteiger partial charge in [0.1, 0.15) is 5.75 Å². The van der Waals surface area contributed by atoms with Crippen LogP contribution in [0.25, 0.3) is 0 Å². The van der Waals surface area contributed by atoms with E-state index in [2.05, 4.69) is 30.2 Å². The molecule has 246 valence electrons. The number of carbonyl (C=O) groups is 3. The van der Waals surface area contributed by atoms with E-state index in [0.717, 1.165) is 55.9 Å². The maximum atomic E-state index is 13.3. The summed E-state index contributed by atoms with van der Waals surface area (Å²) in [5.41, 5.74) is -2.55. The molecule has 0 spiro atoms. The van der Waals surface area contributed by atoms with E-state index in [1.54, 1.807) is 36.7 Å². The van der Waals surface area contributed by atoms with E-state index >= 15 is 0 Å². The lowest BCUT2D eigenvalue weighted by atomic mass is 9.74. The maximum absolute atomic E-state index is 13.3. The zero-order chi connectivity index (χ0) is 33.7. The van der Waals surface area contributed by atoms with Gasteiger partial charge in [-0.1, -0.05) is 20.8 Å². The molecule has 1 aliphatic heterocycles. The van der Waals surface area contributed by atoms with Gasteiger partial charge in [0.05, 0.1) is 23.3 Å². The molecule has 2 aromatic carbocycles. The van der Waals surface area contributed by atoms with Gasteiger partial charge in [0, 0.05) is 43.6 Å². The zero-order valence-corrected chi connectivity index (χ0v) is 26.8. The van der Waals surface area contributed by atoms with Crippen LogP contribution in [0.2, 0.25) is 0 Å². The van der Waals surface area contributed by atoms with Crippen molar-refractivity contribution >= 4 is 39.5 Å². The molecular formula is C31H38N6O8S. The lowest BCUT2D eigenvalue weighted by molar-refractivity contribution is -0.148. The van der Waals surface area contributed by atoms with Gasteiger partial charge in [-0.2, -0.15) is 4.72 Å². The number of aliphatic carboxylic acids is 1. The Balaban J connectivity index is 1.48. The number of methoxy groups -OCH3 is 1. The van der Waals surface area contributed by atoms with Crippen molar-refractivity contribution in [3.63, 3.8) is 0 Å². The van der Waals surface area contributed by atoms with Crippen LogP contribution in [-0.4, -0.2) is 84.8 Å². The minimum absolute atomic E-state index is 0.132. The molecule has 5 N–H and O–H groups in total. The third-order valence-corrected chi connectivity index (χ3v) is 9.57. The standard InChI is InChI=1S/C31H38N6O8S/c1-30(2,3)31(28(41)42,36-46(43,44)23-9-6-20(7-10-23)27(39)40)19-34-26(38)21-8-11-24(25(18-21)45-4)37-16-12-22(13-17-37)35-29-32-14-5-15-33-29/h5-11,14-15,18,22,36H,12-13,16-17,19H2,1-4H3,(H,34,38)(H,39,40)(H,41,42)(H,32,33,35)/t31-/m1/s1. The first-order chi connectivity index (χ1) is 21.7. The molecule has 0 bridgehead atoms. The Morgan fingerprint density at radius 3 is 2.13 bits per heavy atom. The number of hydrogen-bond donors (Lipinski definition) is 5. The van der Waals surface area contributed by atoms with Gasteiger partial charge < -0.3 is 30.5 Å². The van der Waals surface area contributed by atoms with Crippen molar-refractivity contribution in [2.75, 3.05) is 37.0 Å². The largest absolute Gasteiger partial charge is 0.495 e. The molecule has 14 nitrogen and oxygen atoms in total. The number of amides is 1. The normalized spacial score (nSPS) is 15.4. The topological polar surface area (TPSA) is 200 Å². The van der Waals surface area contributed by atoms with Gasteiger partial charge in [0.15, 0.2) is 5.54 Å². The lowest BCUT2D eigenvalue weighted by Crippen LogP contribution is -2.67. The number of aromatic carboxylic acids is 1. The summed E-state index contributed by atoms with van der Waals surface area (Å²) in [6.45, 7) is 5.45. The summed E-state index contributed by atoms with van der Waals surface area (Å²) in [6.07, 6.45) is 5.02. The summed E-state index contributed by atoms with van der Waals surface area (Å²) in [4.78, 5) is 47.5. The molecule has 1 atom stereocenters. The fraction of sp³-hybridized carbons (Fsp3) is 0.387. The number of hydrogen-bond acceptors (Lipinski definition) is 10. The summed E-state index contributed by atoms with van der Waals surface area (Å²) < 4.78 is 34.5. The number of anilines is 2. The summed E-state index contributed by atoms with van der Waals surface area (Å²) in [7, 11) is -2.97. The predicted octanol–water partition coefficient (Wildman–Crippen LogP) is 2.84. The average Bonchev–Trinajstić information content (AvgIpc) is 3.02. The average molecular weight is 655 g/mol. The van der Waals surface area contributed by atoms with E-state index in [0.29, 0.717) is 11.7 Å². The summed E-state index contributed by atoms with van der Waals surface area (Å²) >= 11 is 0. The molecule has 1 aromatic heterocycles. The van der Waals surface area contributed by atoms with E-state index in [4.69, 9.17) is 9.84 Å². The first-order valence-corrected chi connectivity index (χ1v) is 16.0. The highest BCUT2D eigenvalue weighted by Gasteiger charge is 2.52. The monoisotopic (exact) mass is 654 g/mol. The van der Waals surface area contributed by atoms with Gasteiger partial charge in [-0.15, -0.1) is 0 Å². The number of carbonyl (C=O) groups excluding carboxylic acids is 1. The Labute approximate surface area is 267 Å². The van der Waals surface area contributed by atoms with E-state index in [1.807, 2.05) is 0 Å². The van der Waals surface area contributed by atoms with Crippen molar-refractivity contribution in [2.45, 2.75) is 50.1 Å². The van der Waals surface area contributed by atoms with E-state index in [9.17, 15) is 27.9 Å². The second-order valence-electron chi connectivity index (χ2n) is 11.9. The first-order valence-electron chi connectivity index (χ1n) is 14.5. The molecule has 0 aliphatic carbocycles. The number of aromatic nitrogens is 2. The molecule has 15 heteroatoms. The van der Waals surface area contributed by atoms with Gasteiger partial charge >= 0.3 is 11.9 Å². The van der Waals surface area contributed by atoms with Gasteiger partial charge in [-0.25, -0.2) is 23.2 Å². The Morgan fingerprint density at radius 1 is 0.978 bits per heavy atom. The van der Waals surface area contributed by atoms with Crippen LogP contribution in [0.15, 0.2) is 65.8 Å². The number of nitrogens with zero attached hydrogens (tertiary/aromatic N) is 3. The molecule has 2 heterocycles. The van der Waals surface area contributed by atoms with Crippen LogP contribution in [0.4, 0.5) is 11.6 Å². The molecule has 3 aromatic rings. The van der Waals surface area contributed by atoms with Crippen LogP contribution in [0.3, 0.4) is 0 Å². The lowest BCUT2D eigenvalue weighted by Gasteiger charge is -2.41. The molecule has 0 radical (unpaired) electrons. The molecule has 1 amide bonds. The van der Waals surface area contributed by atoms with E-state index in [1.165, 1.54) is 27.9 Å². The van der Waals surface area contributed by atoms with Crippen molar-refractivity contribution in [3.8, 4) is 5.75 Å². The van der Waals surface area contributed by atoms with Gasteiger partial charge in [0.2, 0.25) is 16.0 Å². The summed E-state index contributed by atoms with van der Waals surface area (Å²) in [5, 5.41) is 25.4. The summed E-state index contributed by atoms with van der Waals surface area (Å²) in [5.74, 6) is -2.34. The second kappa shape index (κ2) is 13.7. The smallest absolute Gasteiger partial charge is 0.335 e. The third-order valence-electron chi connectivity index (χ3n) is 8.06. The van der Waals surface area contributed by atoms with E-state index < -0.39 is 45.4 Å². The molecule has 1 saturated heterocycles. The van der Waals surface area contributed by atoms with Crippen LogP contribution in [0.5, 0.6) is 5.75 Å². The Bertz CT molecular complexity index is 1670. The maximum Gasteiger partial charge on any atom is 0.335 e. The number of benzene rings is 2. The van der Waals surface area contributed by atoms with Crippen LogP contribution < -0.4 is 25.0 Å². The van der Waals surface area contributed by atoms with Crippen molar-refractivity contribution in [1.82, 2.24) is 20.0 Å².